The second kappa shape index (κ2) is 9.17. The Bertz CT molecular complexity index is 1020. The van der Waals surface area contributed by atoms with E-state index in [4.69, 9.17) is 4.42 Å². The molecule has 1 saturated heterocycles. The number of carbonyl (C=O) groups is 2. The summed E-state index contributed by atoms with van der Waals surface area (Å²) in [6.45, 7) is 1.07. The molecule has 1 aliphatic heterocycles. The zero-order chi connectivity index (χ0) is 20.8. The topological polar surface area (TPSA) is 88.3 Å². The van der Waals surface area contributed by atoms with Gasteiger partial charge in [0, 0.05) is 30.6 Å². The Morgan fingerprint density at radius 1 is 0.967 bits per heavy atom. The number of amides is 2. The highest BCUT2D eigenvalue weighted by atomic mass is 16.4. The third kappa shape index (κ3) is 4.81. The van der Waals surface area contributed by atoms with Crippen LogP contribution < -0.4 is 5.32 Å². The molecule has 3 aromatic rings. The molecule has 2 amide bonds. The van der Waals surface area contributed by atoms with E-state index in [9.17, 15) is 9.59 Å². The van der Waals surface area contributed by atoms with Gasteiger partial charge in [-0.25, -0.2) is 0 Å². The van der Waals surface area contributed by atoms with Crippen molar-refractivity contribution in [2.24, 2.45) is 5.92 Å². The SMILES string of the molecule is O=C(Nc1nnc(-c2ccccc2)o1)C1CCN(C(=O)C=Cc2ccccc2)CC1. The summed E-state index contributed by atoms with van der Waals surface area (Å²) in [5.74, 6) is -0.0388. The predicted octanol–water partition coefficient (Wildman–Crippen LogP) is 3.63. The molecule has 1 N–H and O–H groups in total. The second-order valence-electron chi connectivity index (χ2n) is 7.11. The first-order chi connectivity index (χ1) is 14.7. The number of aromatic nitrogens is 2. The van der Waals surface area contributed by atoms with Crippen LogP contribution in [0, 0.1) is 5.92 Å². The lowest BCUT2D eigenvalue weighted by atomic mass is 9.96. The highest BCUT2D eigenvalue weighted by Crippen LogP contribution is 2.22. The number of nitrogens with zero attached hydrogens (tertiary/aromatic N) is 3. The fourth-order valence-corrected chi connectivity index (χ4v) is 3.38. The number of benzene rings is 2. The summed E-state index contributed by atoms with van der Waals surface area (Å²) in [6.07, 6.45) is 4.58. The monoisotopic (exact) mass is 402 g/mol. The van der Waals surface area contributed by atoms with Gasteiger partial charge in [-0.3, -0.25) is 14.9 Å². The standard InChI is InChI=1S/C23H22N4O3/c28-20(12-11-17-7-3-1-4-8-17)27-15-13-18(14-16-27)21(29)24-23-26-25-22(30-23)19-9-5-2-6-10-19/h1-12,18H,13-16H2,(H,24,26,29). The van der Waals surface area contributed by atoms with Gasteiger partial charge in [-0.05, 0) is 36.6 Å². The summed E-state index contributed by atoms with van der Waals surface area (Å²) in [5.41, 5.74) is 1.77. The number of rotatable bonds is 5. The van der Waals surface area contributed by atoms with E-state index in [1.807, 2.05) is 60.7 Å². The van der Waals surface area contributed by atoms with Gasteiger partial charge in [0.05, 0.1) is 0 Å². The van der Waals surface area contributed by atoms with Gasteiger partial charge in [0.15, 0.2) is 0 Å². The summed E-state index contributed by atoms with van der Waals surface area (Å²) in [4.78, 5) is 26.7. The molecule has 0 bridgehead atoms. The van der Waals surface area contributed by atoms with Gasteiger partial charge in [-0.15, -0.1) is 5.10 Å². The molecule has 152 valence electrons. The molecule has 4 rings (SSSR count). The van der Waals surface area contributed by atoms with Crippen LogP contribution in [0.2, 0.25) is 0 Å². The van der Waals surface area contributed by atoms with E-state index >= 15 is 0 Å². The number of likely N-dealkylation sites (tertiary alicyclic amines) is 1. The molecule has 2 aromatic carbocycles. The maximum atomic E-state index is 12.5. The van der Waals surface area contributed by atoms with Crippen molar-refractivity contribution >= 4 is 23.9 Å². The van der Waals surface area contributed by atoms with Crippen molar-refractivity contribution in [1.82, 2.24) is 15.1 Å². The van der Waals surface area contributed by atoms with Gasteiger partial charge in [-0.2, -0.15) is 0 Å². The van der Waals surface area contributed by atoms with E-state index in [1.165, 1.54) is 0 Å². The molecule has 30 heavy (non-hydrogen) atoms. The summed E-state index contributed by atoms with van der Waals surface area (Å²) in [5, 5.41) is 10.6. The average Bonchev–Trinajstić information content (AvgIpc) is 3.27. The van der Waals surface area contributed by atoms with Crippen molar-refractivity contribution < 1.29 is 14.0 Å². The summed E-state index contributed by atoms with van der Waals surface area (Å²) in [6, 6.07) is 19.1. The number of piperidine rings is 1. The minimum atomic E-state index is -0.195. The van der Waals surface area contributed by atoms with Crippen LogP contribution in [0.15, 0.2) is 71.2 Å². The minimum Gasteiger partial charge on any atom is -0.403 e. The Kier molecular flexibility index (Phi) is 5.98. The van der Waals surface area contributed by atoms with E-state index in [0.717, 1.165) is 11.1 Å². The Morgan fingerprint density at radius 3 is 2.33 bits per heavy atom. The minimum absolute atomic E-state index is 0.0397. The van der Waals surface area contributed by atoms with Crippen LogP contribution in [0.1, 0.15) is 18.4 Å². The smallest absolute Gasteiger partial charge is 0.322 e. The quantitative estimate of drug-likeness (QED) is 0.659. The van der Waals surface area contributed by atoms with Crippen LogP contribution in [0.3, 0.4) is 0 Å². The fourth-order valence-electron chi connectivity index (χ4n) is 3.38. The van der Waals surface area contributed by atoms with Crippen LogP contribution in [-0.4, -0.2) is 40.0 Å². The van der Waals surface area contributed by atoms with E-state index in [2.05, 4.69) is 15.5 Å². The summed E-state index contributed by atoms with van der Waals surface area (Å²) in [7, 11) is 0. The van der Waals surface area contributed by atoms with Crippen molar-refractivity contribution in [1.29, 1.82) is 0 Å². The maximum absolute atomic E-state index is 12.5. The first-order valence-electron chi connectivity index (χ1n) is 9.91. The van der Waals surface area contributed by atoms with Crippen LogP contribution in [-0.2, 0) is 9.59 Å². The zero-order valence-electron chi connectivity index (χ0n) is 16.4. The molecule has 1 aliphatic rings. The molecule has 1 fully saturated rings. The van der Waals surface area contributed by atoms with Gasteiger partial charge in [0.2, 0.25) is 17.7 Å². The van der Waals surface area contributed by atoms with Crippen LogP contribution >= 0.6 is 0 Å². The maximum Gasteiger partial charge on any atom is 0.322 e. The van der Waals surface area contributed by atoms with E-state index in [-0.39, 0.29) is 23.7 Å². The van der Waals surface area contributed by atoms with Crippen LogP contribution in [0.25, 0.3) is 17.5 Å². The Balaban J connectivity index is 1.28. The number of anilines is 1. The molecule has 0 radical (unpaired) electrons. The van der Waals surface area contributed by atoms with Crippen molar-refractivity contribution in [2.75, 3.05) is 18.4 Å². The van der Waals surface area contributed by atoms with Crippen LogP contribution in [0.4, 0.5) is 6.01 Å². The first kappa shape index (κ1) is 19.6. The van der Waals surface area contributed by atoms with Gasteiger partial charge in [-0.1, -0.05) is 53.6 Å². The molecule has 0 atom stereocenters. The first-order valence-corrected chi connectivity index (χ1v) is 9.91. The van der Waals surface area contributed by atoms with Gasteiger partial charge >= 0.3 is 6.01 Å². The van der Waals surface area contributed by atoms with Crippen molar-refractivity contribution in [3.63, 3.8) is 0 Å². The van der Waals surface area contributed by atoms with E-state index in [0.29, 0.717) is 31.8 Å². The lowest BCUT2D eigenvalue weighted by Gasteiger charge is -2.30. The summed E-state index contributed by atoms with van der Waals surface area (Å²) >= 11 is 0. The third-order valence-electron chi connectivity index (χ3n) is 5.07. The molecular weight excluding hydrogens is 380 g/mol. The van der Waals surface area contributed by atoms with Crippen molar-refractivity contribution in [3.05, 3.63) is 72.3 Å². The number of nitrogens with one attached hydrogen (secondary N) is 1. The lowest BCUT2D eigenvalue weighted by molar-refractivity contribution is -0.130. The lowest BCUT2D eigenvalue weighted by Crippen LogP contribution is -2.40. The second-order valence-corrected chi connectivity index (χ2v) is 7.11. The predicted molar refractivity (Wildman–Crippen MR) is 113 cm³/mol. The number of carbonyl (C=O) groups excluding carboxylic acids is 2. The molecule has 0 unspecified atom stereocenters. The van der Waals surface area contributed by atoms with Gasteiger partial charge in [0.25, 0.3) is 0 Å². The fraction of sp³-hybridized carbons (Fsp3) is 0.217. The van der Waals surface area contributed by atoms with Crippen molar-refractivity contribution in [2.45, 2.75) is 12.8 Å². The highest BCUT2D eigenvalue weighted by molar-refractivity contribution is 5.93. The van der Waals surface area contributed by atoms with Gasteiger partial charge in [0.1, 0.15) is 0 Å². The number of hydrogen-bond donors (Lipinski definition) is 1. The third-order valence-corrected chi connectivity index (χ3v) is 5.07. The Morgan fingerprint density at radius 2 is 1.63 bits per heavy atom. The molecule has 0 saturated carbocycles. The van der Waals surface area contributed by atoms with E-state index < -0.39 is 0 Å². The molecule has 7 heteroatoms. The average molecular weight is 402 g/mol. The molecule has 2 heterocycles. The zero-order valence-corrected chi connectivity index (χ0v) is 16.4. The molecule has 7 nitrogen and oxygen atoms in total. The molecule has 1 aromatic heterocycles. The van der Waals surface area contributed by atoms with E-state index in [1.54, 1.807) is 17.1 Å². The highest BCUT2D eigenvalue weighted by Gasteiger charge is 2.27. The Hall–Kier alpha value is -3.74. The van der Waals surface area contributed by atoms with Crippen molar-refractivity contribution in [3.8, 4) is 11.5 Å². The number of hydrogen-bond acceptors (Lipinski definition) is 5. The normalized spacial score (nSPS) is 14.7. The molecule has 0 aliphatic carbocycles. The summed E-state index contributed by atoms with van der Waals surface area (Å²) < 4.78 is 5.54. The molecule has 0 spiro atoms. The Labute approximate surface area is 174 Å². The largest absolute Gasteiger partial charge is 0.403 e. The van der Waals surface area contributed by atoms with Gasteiger partial charge < -0.3 is 9.32 Å². The van der Waals surface area contributed by atoms with Crippen LogP contribution in [0.5, 0.6) is 0 Å². The molecular formula is C23H22N4O3.